The van der Waals surface area contributed by atoms with Gasteiger partial charge in [0.25, 0.3) is 11.8 Å². The van der Waals surface area contributed by atoms with Crippen molar-refractivity contribution in [3.63, 3.8) is 0 Å². The topological polar surface area (TPSA) is 195 Å². The van der Waals surface area contributed by atoms with Gasteiger partial charge >= 0.3 is 0 Å². The first-order chi connectivity index (χ1) is 27.7. The van der Waals surface area contributed by atoms with E-state index in [1.807, 2.05) is 134 Å². The van der Waals surface area contributed by atoms with Gasteiger partial charge in [-0.3, -0.25) is 18.7 Å². The van der Waals surface area contributed by atoms with Crippen LogP contribution in [0.1, 0.15) is 34.8 Å². The number of imidazole rings is 2. The Labute approximate surface area is 336 Å². The maximum atomic E-state index is 12.1. The average Bonchev–Trinajstić information content (AvgIpc) is 3.78. The predicted octanol–water partition coefficient (Wildman–Crippen LogP) is 7.34. The lowest BCUT2D eigenvalue weighted by Gasteiger charge is -2.09. The van der Waals surface area contributed by atoms with E-state index in [4.69, 9.17) is 38.1 Å². The number of fused-ring (bicyclic) bond motifs is 2. The Morgan fingerprint density at radius 1 is 0.649 bits per heavy atom. The highest BCUT2D eigenvalue weighted by atomic mass is 32.2. The SMILES string of the molecule is CCOc1ccc(-c2nc(C(N)=O)c3[nH]c(=S)n(-c4ccccc4)c3n2)cc1.CCOc1ccc(-c2nc(C(N)=O)c3nc(SC)n(-c4ccccc4)c3n2)cc1. The number of H-pyrrole nitrogens is 1. The lowest BCUT2D eigenvalue weighted by molar-refractivity contribution is 0.0988. The van der Waals surface area contributed by atoms with E-state index in [0.29, 0.717) is 57.1 Å². The second-order valence-corrected chi connectivity index (χ2v) is 13.3. The van der Waals surface area contributed by atoms with Crippen molar-refractivity contribution in [2.24, 2.45) is 11.5 Å². The molecule has 0 aliphatic heterocycles. The number of aromatic nitrogens is 8. The van der Waals surface area contributed by atoms with Crippen molar-refractivity contribution in [2.75, 3.05) is 19.5 Å². The van der Waals surface area contributed by atoms with Crippen LogP contribution < -0.4 is 20.9 Å². The third-order valence-electron chi connectivity index (χ3n) is 8.54. The van der Waals surface area contributed by atoms with Crippen molar-refractivity contribution < 1.29 is 19.1 Å². The summed E-state index contributed by atoms with van der Waals surface area (Å²) in [6.45, 7) is 5.01. The molecule has 2 amide bonds. The van der Waals surface area contributed by atoms with Gasteiger partial charge in [0, 0.05) is 22.5 Å². The van der Waals surface area contributed by atoms with Crippen LogP contribution in [0.25, 0.3) is 56.5 Å². The number of rotatable bonds is 11. The Morgan fingerprint density at radius 2 is 1.12 bits per heavy atom. The largest absolute Gasteiger partial charge is 0.494 e. The third-order valence-corrected chi connectivity index (χ3v) is 9.46. The molecule has 286 valence electrons. The quantitative estimate of drug-likeness (QED) is 0.0875. The molecule has 0 radical (unpaired) electrons. The monoisotopic (exact) mass is 796 g/mol. The summed E-state index contributed by atoms with van der Waals surface area (Å²) in [5.41, 5.74) is 16.4. The zero-order valence-corrected chi connectivity index (χ0v) is 32.7. The first-order valence-electron chi connectivity index (χ1n) is 17.7. The minimum absolute atomic E-state index is 0.0923. The van der Waals surface area contributed by atoms with Crippen molar-refractivity contribution in [1.29, 1.82) is 0 Å². The normalized spacial score (nSPS) is 10.9. The summed E-state index contributed by atoms with van der Waals surface area (Å²) in [5.74, 6) is 0.982. The van der Waals surface area contributed by atoms with Crippen molar-refractivity contribution in [3.05, 3.63) is 125 Å². The maximum Gasteiger partial charge on any atom is 0.269 e. The molecule has 0 bridgehead atoms. The van der Waals surface area contributed by atoms with Gasteiger partial charge in [-0.25, -0.2) is 24.9 Å². The number of primary amides is 2. The molecule has 0 fully saturated rings. The molecule has 16 heteroatoms. The van der Waals surface area contributed by atoms with Crippen LogP contribution in [0.4, 0.5) is 0 Å². The highest BCUT2D eigenvalue weighted by Crippen LogP contribution is 2.30. The lowest BCUT2D eigenvalue weighted by Crippen LogP contribution is -2.15. The number of ether oxygens (including phenoxy) is 2. The number of para-hydroxylation sites is 2. The van der Waals surface area contributed by atoms with Gasteiger partial charge in [0.2, 0.25) is 0 Å². The van der Waals surface area contributed by atoms with Gasteiger partial charge in [-0.1, -0.05) is 48.2 Å². The fourth-order valence-corrected chi connectivity index (χ4v) is 6.88. The number of nitrogens with zero attached hydrogens (tertiary/aromatic N) is 7. The number of benzene rings is 4. The predicted molar refractivity (Wildman–Crippen MR) is 223 cm³/mol. The smallest absolute Gasteiger partial charge is 0.269 e. The number of carbonyl (C=O) groups excluding carboxylic acids is 2. The molecule has 0 saturated heterocycles. The van der Waals surface area contributed by atoms with Crippen LogP contribution in [0, 0.1) is 4.77 Å². The highest BCUT2D eigenvalue weighted by molar-refractivity contribution is 7.98. The summed E-state index contributed by atoms with van der Waals surface area (Å²) >= 11 is 6.92. The molecule has 8 aromatic rings. The Bertz CT molecular complexity index is 2770. The number of hydrogen-bond donors (Lipinski definition) is 3. The molecular weight excluding hydrogens is 761 g/mol. The molecule has 0 aliphatic carbocycles. The number of amides is 2. The molecule has 4 aromatic heterocycles. The van der Waals surface area contributed by atoms with Gasteiger partial charge in [0.1, 0.15) is 22.5 Å². The van der Waals surface area contributed by atoms with E-state index < -0.39 is 11.8 Å². The molecule has 4 aromatic carbocycles. The van der Waals surface area contributed by atoms with Crippen LogP contribution in [-0.2, 0) is 0 Å². The molecule has 0 spiro atoms. The summed E-state index contributed by atoms with van der Waals surface area (Å²) in [4.78, 5) is 50.0. The molecule has 57 heavy (non-hydrogen) atoms. The van der Waals surface area contributed by atoms with Gasteiger partial charge in [0.05, 0.1) is 13.2 Å². The van der Waals surface area contributed by atoms with Gasteiger partial charge in [0.15, 0.2) is 44.3 Å². The van der Waals surface area contributed by atoms with E-state index in [1.165, 1.54) is 11.8 Å². The molecule has 0 unspecified atom stereocenters. The first-order valence-corrected chi connectivity index (χ1v) is 19.4. The second-order valence-electron chi connectivity index (χ2n) is 12.2. The van der Waals surface area contributed by atoms with E-state index in [1.54, 1.807) is 4.57 Å². The standard InChI is InChI=1S/C21H19N5O2S.C20H17N5O2S/c1-3-28-15-11-9-13(10-12-15)19-23-16(18(22)27)17-20(25-19)26(21(24-17)29-2)14-7-5-4-6-8-14;1-2-27-14-10-8-12(9-11-14)18-22-15(17(21)26)16-19(24-18)25(20(28)23-16)13-6-4-3-5-7-13/h4-12H,3H2,1-2H3,(H2,22,27);3-11H,2H2,1H3,(H2,21,26)(H,23,28). The Hall–Kier alpha value is -6.91. The molecule has 0 atom stereocenters. The van der Waals surface area contributed by atoms with Crippen LogP contribution in [-0.4, -0.2) is 70.3 Å². The van der Waals surface area contributed by atoms with Crippen molar-refractivity contribution in [1.82, 2.24) is 39.0 Å². The number of nitrogens with one attached hydrogen (secondary N) is 1. The maximum absolute atomic E-state index is 12.1. The highest BCUT2D eigenvalue weighted by Gasteiger charge is 2.22. The van der Waals surface area contributed by atoms with Crippen molar-refractivity contribution in [3.8, 4) is 45.6 Å². The second kappa shape index (κ2) is 16.8. The Morgan fingerprint density at radius 3 is 1.60 bits per heavy atom. The number of thioether (sulfide) groups is 1. The van der Waals surface area contributed by atoms with Crippen LogP contribution in [0.5, 0.6) is 11.5 Å². The number of aromatic amines is 1. The summed E-state index contributed by atoms with van der Waals surface area (Å²) < 4.78 is 15.0. The van der Waals surface area contributed by atoms with Gasteiger partial charge in [-0.2, -0.15) is 0 Å². The summed E-state index contributed by atoms with van der Waals surface area (Å²) in [6, 6.07) is 34.0. The number of carbonyl (C=O) groups is 2. The fourth-order valence-electron chi connectivity index (χ4n) is 6.03. The van der Waals surface area contributed by atoms with Gasteiger partial charge < -0.3 is 25.9 Å². The summed E-state index contributed by atoms with van der Waals surface area (Å²) in [6.07, 6.45) is 1.92. The number of nitrogens with two attached hydrogens (primary N) is 2. The van der Waals surface area contributed by atoms with Crippen LogP contribution in [0.15, 0.2) is 114 Å². The van der Waals surface area contributed by atoms with Crippen LogP contribution in [0.3, 0.4) is 0 Å². The summed E-state index contributed by atoms with van der Waals surface area (Å²) in [5, 5.41) is 0.701. The molecule has 4 heterocycles. The van der Waals surface area contributed by atoms with E-state index in [2.05, 4.69) is 24.9 Å². The zero-order chi connectivity index (χ0) is 40.1. The zero-order valence-electron chi connectivity index (χ0n) is 31.0. The van der Waals surface area contributed by atoms with Gasteiger partial charge in [-0.15, -0.1) is 0 Å². The molecule has 8 rings (SSSR count). The summed E-state index contributed by atoms with van der Waals surface area (Å²) in [7, 11) is 0. The van der Waals surface area contributed by atoms with Crippen molar-refractivity contribution >= 4 is 58.1 Å². The molecule has 0 aliphatic rings. The lowest BCUT2D eigenvalue weighted by atomic mass is 10.2. The van der Waals surface area contributed by atoms with Crippen LogP contribution in [0.2, 0.25) is 0 Å². The molecule has 5 N–H and O–H groups in total. The van der Waals surface area contributed by atoms with E-state index in [9.17, 15) is 9.59 Å². The van der Waals surface area contributed by atoms with Gasteiger partial charge in [-0.05, 0) is 105 Å². The van der Waals surface area contributed by atoms with E-state index in [-0.39, 0.29) is 11.4 Å². The van der Waals surface area contributed by atoms with Crippen LogP contribution >= 0.6 is 24.0 Å². The van der Waals surface area contributed by atoms with E-state index >= 15 is 0 Å². The Kier molecular flexibility index (Phi) is 11.3. The molecular formula is C41H36N10O4S2. The van der Waals surface area contributed by atoms with Crippen molar-refractivity contribution in [2.45, 2.75) is 19.0 Å². The van der Waals surface area contributed by atoms with E-state index in [0.717, 1.165) is 34.0 Å². The molecule has 0 saturated carbocycles. The minimum Gasteiger partial charge on any atom is -0.494 e. The fraction of sp³-hybridized carbons (Fsp3) is 0.122. The number of hydrogen-bond acceptors (Lipinski definition) is 11. The average molecular weight is 797 g/mol. The Balaban J connectivity index is 0.000000174. The third kappa shape index (κ3) is 7.94. The first kappa shape index (κ1) is 38.4. The minimum atomic E-state index is -0.656. The molecule has 14 nitrogen and oxygen atoms in total.